The number of rotatable bonds is 0. The van der Waals surface area contributed by atoms with Crippen molar-refractivity contribution in [3.05, 3.63) is 29.8 Å². The van der Waals surface area contributed by atoms with Gasteiger partial charge in [0.2, 0.25) is 0 Å². The van der Waals surface area contributed by atoms with Crippen molar-refractivity contribution >= 4 is 0 Å². The highest BCUT2D eigenvalue weighted by molar-refractivity contribution is 5.45. The standard InChI is InChI=1S/C11H10O/c12-11-4-2-1-3-10(11)8-7-9-5-6-9/h1-4,9,12H,5-6H2. The Hall–Kier alpha value is -1.42. The van der Waals surface area contributed by atoms with Gasteiger partial charge in [-0.25, -0.2) is 0 Å². The Labute approximate surface area is 72.0 Å². The molecule has 0 heterocycles. The van der Waals surface area contributed by atoms with Gasteiger partial charge in [-0.05, 0) is 25.0 Å². The maximum Gasteiger partial charge on any atom is 0.131 e. The molecule has 1 aromatic carbocycles. The van der Waals surface area contributed by atoms with Gasteiger partial charge in [0.1, 0.15) is 5.75 Å². The summed E-state index contributed by atoms with van der Waals surface area (Å²) in [7, 11) is 0. The van der Waals surface area contributed by atoms with Crippen LogP contribution in [0.5, 0.6) is 5.75 Å². The molecule has 60 valence electrons. The second-order valence-corrected chi connectivity index (χ2v) is 3.06. The fraction of sp³-hybridized carbons (Fsp3) is 0.273. The number of hydrogen-bond acceptors (Lipinski definition) is 1. The Kier molecular flexibility index (Phi) is 1.75. The van der Waals surface area contributed by atoms with Crippen molar-refractivity contribution in [2.24, 2.45) is 5.92 Å². The molecule has 1 fully saturated rings. The molecule has 2 rings (SSSR count). The molecule has 12 heavy (non-hydrogen) atoms. The van der Waals surface area contributed by atoms with Crippen LogP contribution in [0, 0.1) is 17.8 Å². The van der Waals surface area contributed by atoms with Gasteiger partial charge in [-0.15, -0.1) is 0 Å². The van der Waals surface area contributed by atoms with E-state index in [1.165, 1.54) is 12.8 Å². The average Bonchev–Trinajstić information content (AvgIpc) is 2.86. The van der Waals surface area contributed by atoms with Gasteiger partial charge in [0, 0.05) is 5.92 Å². The maximum absolute atomic E-state index is 9.34. The molecule has 1 N–H and O–H groups in total. The molecule has 1 aromatic rings. The van der Waals surface area contributed by atoms with E-state index < -0.39 is 0 Å². The van der Waals surface area contributed by atoms with E-state index in [0.29, 0.717) is 5.92 Å². The van der Waals surface area contributed by atoms with Crippen LogP contribution in [0.4, 0.5) is 0 Å². The van der Waals surface area contributed by atoms with Gasteiger partial charge >= 0.3 is 0 Å². The lowest BCUT2D eigenvalue weighted by Crippen LogP contribution is -1.74. The van der Waals surface area contributed by atoms with E-state index >= 15 is 0 Å². The first-order valence-corrected chi connectivity index (χ1v) is 4.16. The van der Waals surface area contributed by atoms with E-state index in [-0.39, 0.29) is 5.75 Å². The van der Waals surface area contributed by atoms with Crippen LogP contribution in [0.2, 0.25) is 0 Å². The molecule has 0 atom stereocenters. The van der Waals surface area contributed by atoms with Gasteiger partial charge in [-0.2, -0.15) is 0 Å². The predicted octanol–water partition coefficient (Wildman–Crippen LogP) is 2.15. The van der Waals surface area contributed by atoms with Gasteiger partial charge < -0.3 is 5.11 Å². The second-order valence-electron chi connectivity index (χ2n) is 3.06. The van der Waals surface area contributed by atoms with Crippen molar-refractivity contribution in [3.8, 4) is 17.6 Å². The summed E-state index contributed by atoms with van der Waals surface area (Å²) < 4.78 is 0. The number of para-hydroxylation sites is 1. The molecule has 0 saturated heterocycles. The van der Waals surface area contributed by atoms with Gasteiger partial charge in [-0.3, -0.25) is 0 Å². The Balaban J connectivity index is 2.23. The van der Waals surface area contributed by atoms with Crippen LogP contribution in [-0.4, -0.2) is 5.11 Å². The monoisotopic (exact) mass is 158 g/mol. The zero-order chi connectivity index (χ0) is 8.39. The van der Waals surface area contributed by atoms with E-state index in [9.17, 15) is 5.11 Å². The number of benzene rings is 1. The molecule has 0 amide bonds. The molecule has 1 heteroatoms. The Morgan fingerprint density at radius 3 is 2.67 bits per heavy atom. The predicted molar refractivity (Wildman–Crippen MR) is 47.7 cm³/mol. The molecule has 0 aromatic heterocycles. The van der Waals surface area contributed by atoms with E-state index in [1.54, 1.807) is 12.1 Å². The van der Waals surface area contributed by atoms with Crippen molar-refractivity contribution < 1.29 is 5.11 Å². The maximum atomic E-state index is 9.34. The van der Waals surface area contributed by atoms with Gasteiger partial charge in [-0.1, -0.05) is 24.0 Å². The average molecular weight is 158 g/mol. The van der Waals surface area contributed by atoms with Gasteiger partial charge in [0.25, 0.3) is 0 Å². The summed E-state index contributed by atoms with van der Waals surface area (Å²) in [6, 6.07) is 7.19. The van der Waals surface area contributed by atoms with E-state index in [1.807, 2.05) is 12.1 Å². The molecule has 1 aliphatic rings. The molecule has 0 bridgehead atoms. The third-order valence-electron chi connectivity index (χ3n) is 1.89. The first-order chi connectivity index (χ1) is 5.86. The second kappa shape index (κ2) is 2.91. The summed E-state index contributed by atoms with van der Waals surface area (Å²) in [6.45, 7) is 0. The topological polar surface area (TPSA) is 20.2 Å². The lowest BCUT2D eigenvalue weighted by Gasteiger charge is -1.92. The van der Waals surface area contributed by atoms with Crippen molar-refractivity contribution in [1.82, 2.24) is 0 Å². The third-order valence-corrected chi connectivity index (χ3v) is 1.89. The summed E-state index contributed by atoms with van der Waals surface area (Å²) in [5.41, 5.74) is 0.740. The van der Waals surface area contributed by atoms with Crippen molar-refractivity contribution in [2.75, 3.05) is 0 Å². The summed E-state index contributed by atoms with van der Waals surface area (Å²) >= 11 is 0. The third kappa shape index (κ3) is 1.60. The summed E-state index contributed by atoms with van der Waals surface area (Å²) in [5, 5.41) is 9.34. The van der Waals surface area contributed by atoms with Gasteiger partial charge in [0.15, 0.2) is 0 Å². The van der Waals surface area contributed by atoms with Crippen LogP contribution < -0.4 is 0 Å². The van der Waals surface area contributed by atoms with Crippen LogP contribution in [0.1, 0.15) is 18.4 Å². The molecule has 1 aliphatic carbocycles. The highest BCUT2D eigenvalue weighted by atomic mass is 16.3. The lowest BCUT2D eigenvalue weighted by atomic mass is 10.2. The molecule has 0 aliphatic heterocycles. The van der Waals surface area contributed by atoms with Crippen LogP contribution in [0.25, 0.3) is 0 Å². The Bertz CT molecular complexity index is 340. The fourth-order valence-corrected chi connectivity index (χ4v) is 0.987. The number of phenolic OH excluding ortho intramolecular Hbond substituents is 1. The zero-order valence-electron chi connectivity index (χ0n) is 6.75. The lowest BCUT2D eigenvalue weighted by molar-refractivity contribution is 0.473. The smallest absolute Gasteiger partial charge is 0.131 e. The molecule has 0 unspecified atom stereocenters. The Morgan fingerprint density at radius 1 is 1.25 bits per heavy atom. The van der Waals surface area contributed by atoms with Gasteiger partial charge in [0.05, 0.1) is 5.56 Å². The highest BCUT2D eigenvalue weighted by Gasteiger charge is 2.17. The van der Waals surface area contributed by atoms with Crippen molar-refractivity contribution in [3.63, 3.8) is 0 Å². The van der Waals surface area contributed by atoms with Crippen molar-refractivity contribution in [2.45, 2.75) is 12.8 Å². The summed E-state index contributed by atoms with van der Waals surface area (Å²) in [4.78, 5) is 0. The number of aromatic hydroxyl groups is 1. The number of phenols is 1. The molecular formula is C11H10O. The Morgan fingerprint density at radius 2 is 2.00 bits per heavy atom. The largest absolute Gasteiger partial charge is 0.507 e. The zero-order valence-corrected chi connectivity index (χ0v) is 6.75. The highest BCUT2D eigenvalue weighted by Crippen LogP contribution is 2.28. The first kappa shape index (κ1) is 7.24. The minimum absolute atomic E-state index is 0.283. The summed E-state index contributed by atoms with van der Waals surface area (Å²) in [5.74, 6) is 6.95. The quantitative estimate of drug-likeness (QED) is 0.573. The fourth-order valence-electron chi connectivity index (χ4n) is 0.987. The normalized spacial score (nSPS) is 15.0. The SMILES string of the molecule is Oc1ccccc1C#CC1CC1. The van der Waals surface area contributed by atoms with E-state index in [0.717, 1.165) is 5.56 Å². The summed E-state index contributed by atoms with van der Waals surface area (Å²) in [6.07, 6.45) is 2.45. The molecule has 0 spiro atoms. The molecule has 1 nitrogen and oxygen atoms in total. The first-order valence-electron chi connectivity index (χ1n) is 4.16. The number of hydrogen-bond donors (Lipinski definition) is 1. The minimum atomic E-state index is 0.283. The molecule has 0 radical (unpaired) electrons. The van der Waals surface area contributed by atoms with Crippen LogP contribution in [-0.2, 0) is 0 Å². The molecular weight excluding hydrogens is 148 g/mol. The minimum Gasteiger partial charge on any atom is -0.507 e. The van der Waals surface area contributed by atoms with Crippen molar-refractivity contribution in [1.29, 1.82) is 0 Å². The van der Waals surface area contributed by atoms with Crippen LogP contribution in [0.3, 0.4) is 0 Å². The van der Waals surface area contributed by atoms with E-state index in [2.05, 4.69) is 11.8 Å². The van der Waals surface area contributed by atoms with E-state index in [4.69, 9.17) is 0 Å². The molecule has 1 saturated carbocycles. The van der Waals surface area contributed by atoms with Crippen LogP contribution in [0.15, 0.2) is 24.3 Å². The van der Waals surface area contributed by atoms with Crippen LogP contribution >= 0.6 is 0 Å².